The number of anilines is 1. The Morgan fingerprint density at radius 3 is 2.55 bits per heavy atom. The number of nitrogens with one attached hydrogen (secondary N) is 1. The number of pyridine rings is 1. The Hall–Kier alpha value is -2.60. The summed E-state index contributed by atoms with van der Waals surface area (Å²) in [7, 11) is -0.141. The molecule has 0 saturated carbocycles. The maximum Gasteiger partial charge on any atom is 0.293 e. The highest BCUT2D eigenvalue weighted by molar-refractivity contribution is 7.89. The second-order valence-corrected chi connectivity index (χ2v) is 9.50. The number of likely N-dealkylation sites (N-methyl/N-ethyl adjacent to an activating group) is 1. The van der Waals surface area contributed by atoms with Crippen LogP contribution in [0.3, 0.4) is 0 Å². The molecule has 11 heteroatoms. The number of nitro groups is 1. The smallest absolute Gasteiger partial charge is 0.293 e. The van der Waals surface area contributed by atoms with Crippen molar-refractivity contribution in [3.8, 4) is 0 Å². The van der Waals surface area contributed by atoms with E-state index in [0.29, 0.717) is 25.3 Å². The van der Waals surface area contributed by atoms with Crippen molar-refractivity contribution in [2.24, 2.45) is 0 Å². The van der Waals surface area contributed by atoms with Crippen LogP contribution in [0.1, 0.15) is 5.56 Å². The van der Waals surface area contributed by atoms with Gasteiger partial charge in [-0.05, 0) is 37.9 Å². The average Bonchev–Trinajstić information content (AvgIpc) is 2.74. The van der Waals surface area contributed by atoms with E-state index in [0.717, 1.165) is 31.3 Å². The van der Waals surface area contributed by atoms with Gasteiger partial charge in [-0.15, -0.1) is 0 Å². The van der Waals surface area contributed by atoms with Crippen molar-refractivity contribution in [3.05, 3.63) is 58.4 Å². The van der Waals surface area contributed by atoms with Gasteiger partial charge in [0, 0.05) is 64.3 Å². The van der Waals surface area contributed by atoms with Crippen LogP contribution in [0.2, 0.25) is 0 Å². The lowest BCUT2D eigenvalue weighted by atomic mass is 10.2. The van der Waals surface area contributed by atoms with Crippen LogP contribution in [-0.2, 0) is 16.6 Å². The summed E-state index contributed by atoms with van der Waals surface area (Å²) >= 11 is 0. The van der Waals surface area contributed by atoms with E-state index >= 15 is 0 Å². The molecule has 1 saturated heterocycles. The summed E-state index contributed by atoms with van der Waals surface area (Å²) in [4.78, 5) is 21.3. The van der Waals surface area contributed by atoms with Gasteiger partial charge in [0.05, 0.1) is 9.82 Å². The number of hydrogen-bond donors (Lipinski definition) is 1. The molecule has 1 aromatic heterocycles. The molecule has 0 radical (unpaired) electrons. The van der Waals surface area contributed by atoms with E-state index in [1.165, 1.54) is 12.1 Å². The zero-order valence-electron chi connectivity index (χ0n) is 17.8. The first-order valence-corrected chi connectivity index (χ1v) is 11.5. The fraction of sp³-hybridized carbons (Fsp3) is 0.450. The molecule has 0 amide bonds. The Labute approximate surface area is 182 Å². The predicted molar refractivity (Wildman–Crippen MR) is 119 cm³/mol. The van der Waals surface area contributed by atoms with Crippen molar-refractivity contribution in [2.45, 2.75) is 11.4 Å². The summed E-state index contributed by atoms with van der Waals surface area (Å²) in [6.45, 7) is 4.27. The third-order valence-electron chi connectivity index (χ3n) is 5.15. The summed E-state index contributed by atoms with van der Waals surface area (Å²) < 4.78 is 27.5. The van der Waals surface area contributed by atoms with Crippen LogP contribution in [-0.4, -0.2) is 81.5 Å². The molecule has 0 unspecified atom stereocenters. The molecule has 0 spiro atoms. The van der Waals surface area contributed by atoms with Gasteiger partial charge in [0.15, 0.2) is 0 Å². The molecule has 1 fully saturated rings. The number of nitrogens with zero attached hydrogens (tertiary/aromatic N) is 5. The Bertz CT molecular complexity index is 992. The first-order chi connectivity index (χ1) is 14.8. The number of rotatable bonds is 9. The molecule has 2 aromatic rings. The molecule has 3 rings (SSSR count). The van der Waals surface area contributed by atoms with E-state index in [4.69, 9.17) is 0 Å². The second kappa shape index (κ2) is 10.1. The SMILES string of the molecule is CN(C)CCNS(=O)(=O)c1ccc(N2CCN(Cc3cccnc3)CC2)c([N+](=O)[O-])c1. The van der Waals surface area contributed by atoms with Crippen molar-refractivity contribution in [1.29, 1.82) is 0 Å². The minimum Gasteiger partial charge on any atom is -0.363 e. The highest BCUT2D eigenvalue weighted by Crippen LogP contribution is 2.31. The van der Waals surface area contributed by atoms with Crippen LogP contribution in [0.4, 0.5) is 11.4 Å². The number of benzene rings is 1. The fourth-order valence-corrected chi connectivity index (χ4v) is 4.51. The number of nitro benzene ring substituents is 1. The van der Waals surface area contributed by atoms with Gasteiger partial charge in [-0.3, -0.25) is 20.0 Å². The Kier molecular flexibility index (Phi) is 7.55. The minimum atomic E-state index is -3.82. The molecule has 10 nitrogen and oxygen atoms in total. The van der Waals surface area contributed by atoms with E-state index in [1.54, 1.807) is 6.20 Å². The predicted octanol–water partition coefficient (Wildman–Crippen LogP) is 1.15. The largest absolute Gasteiger partial charge is 0.363 e. The van der Waals surface area contributed by atoms with Crippen LogP contribution >= 0.6 is 0 Å². The van der Waals surface area contributed by atoms with Gasteiger partial charge < -0.3 is 9.80 Å². The summed E-state index contributed by atoms with van der Waals surface area (Å²) in [6.07, 6.45) is 3.57. The van der Waals surface area contributed by atoms with E-state index in [9.17, 15) is 18.5 Å². The quantitative estimate of drug-likeness (QED) is 0.449. The van der Waals surface area contributed by atoms with Gasteiger partial charge in [-0.25, -0.2) is 13.1 Å². The van der Waals surface area contributed by atoms with Gasteiger partial charge in [-0.1, -0.05) is 6.07 Å². The maximum atomic E-state index is 12.5. The lowest BCUT2D eigenvalue weighted by Crippen LogP contribution is -2.46. The highest BCUT2D eigenvalue weighted by Gasteiger charge is 2.26. The van der Waals surface area contributed by atoms with E-state index < -0.39 is 14.9 Å². The van der Waals surface area contributed by atoms with E-state index in [2.05, 4.69) is 14.6 Å². The molecule has 1 N–H and O–H groups in total. The molecule has 1 aliphatic heterocycles. The Balaban J connectivity index is 1.70. The van der Waals surface area contributed by atoms with Crippen LogP contribution in [0, 0.1) is 10.1 Å². The molecule has 1 aromatic carbocycles. The zero-order chi connectivity index (χ0) is 22.4. The van der Waals surface area contributed by atoms with Gasteiger partial charge in [0.25, 0.3) is 5.69 Å². The van der Waals surface area contributed by atoms with Crippen molar-refractivity contribution in [3.63, 3.8) is 0 Å². The summed E-state index contributed by atoms with van der Waals surface area (Å²) in [5, 5.41) is 11.7. The molecule has 2 heterocycles. The molecule has 0 aliphatic carbocycles. The first-order valence-electron chi connectivity index (χ1n) is 10.1. The Morgan fingerprint density at radius 2 is 1.94 bits per heavy atom. The Morgan fingerprint density at radius 1 is 1.19 bits per heavy atom. The molecular formula is C20H28N6O4S. The summed E-state index contributed by atoms with van der Waals surface area (Å²) in [5.74, 6) is 0. The standard InChI is InChI=1S/C20H28N6O4S/c1-23(2)9-8-22-31(29,30)18-5-6-19(20(14-18)26(27)28)25-12-10-24(11-13-25)16-17-4-3-7-21-15-17/h3-7,14-15,22H,8-13,16H2,1-2H3. The third kappa shape index (κ3) is 6.20. The maximum absolute atomic E-state index is 12.5. The first kappa shape index (κ1) is 23.1. The summed E-state index contributed by atoms with van der Waals surface area (Å²) in [6, 6.07) is 8.04. The topological polar surface area (TPSA) is 112 Å². The van der Waals surface area contributed by atoms with Crippen LogP contribution in [0.5, 0.6) is 0 Å². The van der Waals surface area contributed by atoms with Crippen LogP contribution in [0.25, 0.3) is 0 Å². The van der Waals surface area contributed by atoms with Crippen molar-refractivity contribution in [1.82, 2.24) is 19.5 Å². The second-order valence-electron chi connectivity index (χ2n) is 7.73. The normalized spacial score (nSPS) is 15.4. The molecule has 0 bridgehead atoms. The van der Waals surface area contributed by atoms with Gasteiger partial charge in [-0.2, -0.15) is 0 Å². The number of piperazine rings is 1. The molecule has 168 valence electrons. The van der Waals surface area contributed by atoms with Crippen LogP contribution < -0.4 is 9.62 Å². The molecule has 1 aliphatic rings. The molecule has 0 atom stereocenters. The lowest BCUT2D eigenvalue weighted by Gasteiger charge is -2.35. The minimum absolute atomic E-state index is 0.100. The van der Waals surface area contributed by atoms with Crippen molar-refractivity contribution >= 4 is 21.4 Å². The zero-order valence-corrected chi connectivity index (χ0v) is 18.6. The fourth-order valence-electron chi connectivity index (χ4n) is 3.47. The van der Waals surface area contributed by atoms with Crippen molar-refractivity contribution < 1.29 is 13.3 Å². The van der Waals surface area contributed by atoms with E-state index in [-0.39, 0.29) is 17.1 Å². The third-order valence-corrected chi connectivity index (χ3v) is 6.61. The number of aromatic nitrogens is 1. The van der Waals surface area contributed by atoms with Gasteiger partial charge >= 0.3 is 0 Å². The molecule has 31 heavy (non-hydrogen) atoms. The van der Waals surface area contributed by atoms with Crippen molar-refractivity contribution in [2.75, 3.05) is 58.3 Å². The van der Waals surface area contributed by atoms with Gasteiger partial charge in [0.2, 0.25) is 10.0 Å². The monoisotopic (exact) mass is 448 g/mol. The average molecular weight is 449 g/mol. The number of sulfonamides is 1. The number of hydrogen-bond acceptors (Lipinski definition) is 8. The van der Waals surface area contributed by atoms with E-state index in [1.807, 2.05) is 42.2 Å². The summed E-state index contributed by atoms with van der Waals surface area (Å²) in [5.41, 5.74) is 1.37. The van der Waals surface area contributed by atoms with Gasteiger partial charge in [0.1, 0.15) is 5.69 Å². The van der Waals surface area contributed by atoms with Crippen LogP contribution in [0.15, 0.2) is 47.6 Å². The lowest BCUT2D eigenvalue weighted by molar-refractivity contribution is -0.384. The highest BCUT2D eigenvalue weighted by atomic mass is 32.2. The molecular weight excluding hydrogens is 420 g/mol.